The maximum absolute atomic E-state index is 12.8. The fraction of sp³-hybridized carbons (Fsp3) is 0.286. The first-order chi connectivity index (χ1) is 14.0. The number of carbonyl (C=O) groups is 3. The van der Waals surface area contributed by atoms with Crippen LogP contribution in [-0.4, -0.2) is 41.6 Å². The normalized spacial score (nSPS) is 18.3. The third-order valence-electron chi connectivity index (χ3n) is 4.86. The van der Waals surface area contributed by atoms with Crippen LogP contribution in [-0.2, 0) is 9.59 Å². The SMILES string of the molecule is CSc1cccc(NC(=O)NCC(=O)N2C(C(=O)[O-])CCC2c2ccccc2)c1. The van der Waals surface area contributed by atoms with Crippen LogP contribution in [0.15, 0.2) is 59.5 Å². The molecule has 1 saturated heterocycles. The van der Waals surface area contributed by atoms with Crippen LogP contribution in [0.4, 0.5) is 10.5 Å². The lowest BCUT2D eigenvalue weighted by Gasteiger charge is -2.31. The van der Waals surface area contributed by atoms with Gasteiger partial charge in [-0.3, -0.25) is 4.79 Å². The molecule has 7 nitrogen and oxygen atoms in total. The molecular formula is C21H22N3O4S-. The second-order valence-electron chi connectivity index (χ2n) is 6.68. The zero-order chi connectivity index (χ0) is 20.8. The second kappa shape index (κ2) is 9.47. The largest absolute Gasteiger partial charge is 0.548 e. The van der Waals surface area contributed by atoms with Gasteiger partial charge in [0.05, 0.1) is 24.6 Å². The number of carboxylic acids is 1. The summed E-state index contributed by atoms with van der Waals surface area (Å²) in [5.41, 5.74) is 1.47. The number of rotatable bonds is 6. The van der Waals surface area contributed by atoms with Crippen molar-refractivity contribution >= 4 is 35.4 Å². The van der Waals surface area contributed by atoms with Gasteiger partial charge in [-0.05, 0) is 42.9 Å². The molecule has 1 aliphatic rings. The van der Waals surface area contributed by atoms with Crippen molar-refractivity contribution in [2.45, 2.75) is 29.8 Å². The predicted octanol–water partition coefficient (Wildman–Crippen LogP) is 2.01. The number of amides is 3. The molecule has 3 amide bonds. The van der Waals surface area contributed by atoms with E-state index in [1.165, 1.54) is 4.90 Å². The Labute approximate surface area is 173 Å². The van der Waals surface area contributed by atoms with Gasteiger partial charge in [-0.1, -0.05) is 36.4 Å². The molecule has 2 N–H and O–H groups in total. The molecule has 0 spiro atoms. The molecule has 1 heterocycles. The van der Waals surface area contributed by atoms with Gasteiger partial charge in [-0.2, -0.15) is 0 Å². The standard InChI is InChI=1S/C21H23N3O4S/c1-29-16-9-5-8-15(12-16)23-21(28)22-13-19(25)24-17(10-11-18(24)20(26)27)14-6-3-2-4-7-14/h2-9,12,17-18H,10-11,13H2,1H3,(H,26,27)(H2,22,23,28)/p-1. The van der Waals surface area contributed by atoms with Crippen molar-refractivity contribution in [2.24, 2.45) is 0 Å². The lowest BCUT2D eigenvalue weighted by atomic mass is 10.0. The molecule has 152 valence electrons. The smallest absolute Gasteiger partial charge is 0.319 e. The van der Waals surface area contributed by atoms with E-state index in [4.69, 9.17) is 0 Å². The number of benzene rings is 2. The van der Waals surface area contributed by atoms with E-state index < -0.39 is 23.9 Å². The minimum Gasteiger partial charge on any atom is -0.548 e. The Hall–Kier alpha value is -3.00. The highest BCUT2D eigenvalue weighted by molar-refractivity contribution is 7.98. The van der Waals surface area contributed by atoms with Gasteiger partial charge in [0.2, 0.25) is 5.91 Å². The van der Waals surface area contributed by atoms with Crippen molar-refractivity contribution < 1.29 is 19.5 Å². The number of nitrogens with zero attached hydrogens (tertiary/aromatic N) is 1. The minimum atomic E-state index is -1.28. The summed E-state index contributed by atoms with van der Waals surface area (Å²) in [5.74, 6) is -1.74. The van der Waals surface area contributed by atoms with Gasteiger partial charge in [0, 0.05) is 10.6 Å². The number of aliphatic carboxylic acids is 1. The first kappa shape index (κ1) is 20.7. The van der Waals surface area contributed by atoms with E-state index in [1.54, 1.807) is 17.8 Å². The molecule has 0 bridgehead atoms. The number of carboxylic acid groups (broad SMARTS) is 1. The van der Waals surface area contributed by atoms with Gasteiger partial charge < -0.3 is 25.4 Å². The van der Waals surface area contributed by atoms with E-state index in [0.717, 1.165) is 10.5 Å². The summed E-state index contributed by atoms with van der Waals surface area (Å²) in [6, 6.07) is 14.7. The van der Waals surface area contributed by atoms with Crippen molar-refractivity contribution in [1.29, 1.82) is 0 Å². The van der Waals surface area contributed by atoms with Gasteiger partial charge in [0.15, 0.2) is 0 Å². The Morgan fingerprint density at radius 2 is 1.86 bits per heavy atom. The summed E-state index contributed by atoms with van der Waals surface area (Å²) >= 11 is 1.55. The van der Waals surface area contributed by atoms with Crippen LogP contribution >= 0.6 is 11.8 Å². The predicted molar refractivity (Wildman–Crippen MR) is 109 cm³/mol. The molecule has 1 aliphatic heterocycles. The number of hydrogen-bond acceptors (Lipinski definition) is 5. The third-order valence-corrected chi connectivity index (χ3v) is 5.58. The highest BCUT2D eigenvalue weighted by Crippen LogP contribution is 2.35. The van der Waals surface area contributed by atoms with Gasteiger partial charge >= 0.3 is 6.03 Å². The van der Waals surface area contributed by atoms with E-state index in [-0.39, 0.29) is 12.6 Å². The Bertz CT molecular complexity index is 891. The molecule has 2 aromatic carbocycles. The third kappa shape index (κ3) is 5.08. The number of urea groups is 1. The average molecular weight is 412 g/mol. The molecule has 2 atom stereocenters. The molecule has 0 saturated carbocycles. The topological polar surface area (TPSA) is 102 Å². The number of anilines is 1. The van der Waals surface area contributed by atoms with Crippen LogP contribution in [0, 0.1) is 0 Å². The summed E-state index contributed by atoms with van der Waals surface area (Å²) in [6.45, 7) is -0.304. The van der Waals surface area contributed by atoms with Gasteiger partial charge in [0.1, 0.15) is 0 Å². The van der Waals surface area contributed by atoms with E-state index in [2.05, 4.69) is 10.6 Å². The first-order valence-corrected chi connectivity index (χ1v) is 10.5. The highest BCUT2D eigenvalue weighted by atomic mass is 32.2. The molecule has 2 unspecified atom stereocenters. The van der Waals surface area contributed by atoms with Crippen LogP contribution < -0.4 is 15.7 Å². The van der Waals surface area contributed by atoms with Crippen LogP contribution in [0.5, 0.6) is 0 Å². The maximum Gasteiger partial charge on any atom is 0.319 e. The van der Waals surface area contributed by atoms with Gasteiger partial charge in [-0.15, -0.1) is 11.8 Å². The molecule has 1 fully saturated rings. The highest BCUT2D eigenvalue weighted by Gasteiger charge is 2.38. The molecule has 2 aromatic rings. The van der Waals surface area contributed by atoms with Crippen molar-refractivity contribution in [3.63, 3.8) is 0 Å². The lowest BCUT2D eigenvalue weighted by molar-refractivity contribution is -0.310. The summed E-state index contributed by atoms with van der Waals surface area (Å²) in [6.07, 6.45) is 2.79. The molecule has 0 aliphatic carbocycles. The summed E-state index contributed by atoms with van der Waals surface area (Å²) in [4.78, 5) is 38.8. The average Bonchev–Trinajstić information content (AvgIpc) is 3.18. The van der Waals surface area contributed by atoms with Crippen LogP contribution in [0.25, 0.3) is 0 Å². The van der Waals surface area contributed by atoms with Crippen molar-refractivity contribution in [1.82, 2.24) is 10.2 Å². The Morgan fingerprint density at radius 1 is 1.10 bits per heavy atom. The zero-order valence-electron chi connectivity index (χ0n) is 16.0. The molecule has 29 heavy (non-hydrogen) atoms. The number of likely N-dealkylation sites (tertiary alicyclic amines) is 1. The van der Waals surface area contributed by atoms with E-state index >= 15 is 0 Å². The molecular weight excluding hydrogens is 390 g/mol. The van der Waals surface area contributed by atoms with Crippen molar-refractivity contribution in [2.75, 3.05) is 18.1 Å². The van der Waals surface area contributed by atoms with Gasteiger partial charge in [-0.25, -0.2) is 4.79 Å². The number of nitrogens with one attached hydrogen (secondary N) is 2. The zero-order valence-corrected chi connectivity index (χ0v) is 16.8. The van der Waals surface area contributed by atoms with Crippen LogP contribution in [0.2, 0.25) is 0 Å². The van der Waals surface area contributed by atoms with E-state index in [9.17, 15) is 19.5 Å². The fourth-order valence-corrected chi connectivity index (χ4v) is 3.98. The Morgan fingerprint density at radius 3 is 2.55 bits per heavy atom. The van der Waals surface area contributed by atoms with Gasteiger partial charge in [0.25, 0.3) is 0 Å². The molecule has 8 heteroatoms. The molecule has 0 aromatic heterocycles. The fourth-order valence-electron chi connectivity index (χ4n) is 3.52. The summed E-state index contributed by atoms with van der Waals surface area (Å²) < 4.78 is 0. The summed E-state index contributed by atoms with van der Waals surface area (Å²) in [5, 5.41) is 16.7. The van der Waals surface area contributed by atoms with Crippen molar-refractivity contribution in [3.8, 4) is 0 Å². The second-order valence-corrected chi connectivity index (χ2v) is 7.56. The Kier molecular flexibility index (Phi) is 6.77. The van der Waals surface area contributed by atoms with E-state index in [1.807, 2.05) is 54.8 Å². The van der Waals surface area contributed by atoms with Crippen LogP contribution in [0.1, 0.15) is 24.4 Å². The maximum atomic E-state index is 12.8. The number of thioether (sulfide) groups is 1. The first-order valence-electron chi connectivity index (χ1n) is 9.25. The number of carbonyl (C=O) groups excluding carboxylic acids is 3. The monoisotopic (exact) mass is 412 g/mol. The quantitative estimate of drug-likeness (QED) is 0.707. The Balaban J connectivity index is 1.65. The molecule has 3 rings (SSSR count). The van der Waals surface area contributed by atoms with Crippen molar-refractivity contribution in [3.05, 3.63) is 60.2 Å². The lowest BCUT2D eigenvalue weighted by Crippen LogP contribution is -2.50. The summed E-state index contributed by atoms with van der Waals surface area (Å²) in [7, 11) is 0. The minimum absolute atomic E-state index is 0.304. The number of hydrogen-bond donors (Lipinski definition) is 2. The van der Waals surface area contributed by atoms with E-state index in [0.29, 0.717) is 18.5 Å². The van der Waals surface area contributed by atoms with Crippen LogP contribution in [0.3, 0.4) is 0 Å². The molecule has 0 radical (unpaired) electrons.